The third kappa shape index (κ3) is 3.81. The first-order valence-corrected chi connectivity index (χ1v) is 6.80. The van der Waals surface area contributed by atoms with E-state index in [4.69, 9.17) is 10.2 Å². The highest BCUT2D eigenvalue weighted by Crippen LogP contribution is 2.20. The number of carboxylic acid groups (broad SMARTS) is 1. The van der Waals surface area contributed by atoms with Crippen LogP contribution in [-0.4, -0.2) is 35.2 Å². The lowest BCUT2D eigenvalue weighted by molar-refractivity contribution is -0.122. The van der Waals surface area contributed by atoms with Crippen LogP contribution in [0.1, 0.15) is 37.0 Å². The number of amides is 1. The monoisotopic (exact) mass is 279 g/mol. The topological polar surface area (TPSA) is 77.8 Å². The van der Waals surface area contributed by atoms with E-state index in [9.17, 15) is 9.59 Å². The SMILES string of the molecule is CCC(CC)C(=O)N(CCO)c1ccc(C(=O)O)cc1. The van der Waals surface area contributed by atoms with E-state index in [-0.39, 0.29) is 30.5 Å². The average Bonchev–Trinajstić information content (AvgIpc) is 2.46. The lowest BCUT2D eigenvalue weighted by atomic mass is 10.0. The van der Waals surface area contributed by atoms with E-state index in [2.05, 4.69) is 0 Å². The zero-order valence-electron chi connectivity index (χ0n) is 11.9. The molecule has 0 aromatic heterocycles. The van der Waals surface area contributed by atoms with Crippen LogP contribution in [0.2, 0.25) is 0 Å². The Hall–Kier alpha value is -1.88. The van der Waals surface area contributed by atoms with Gasteiger partial charge in [-0.05, 0) is 37.1 Å². The van der Waals surface area contributed by atoms with E-state index in [1.54, 1.807) is 12.1 Å². The van der Waals surface area contributed by atoms with Crippen molar-refractivity contribution in [3.05, 3.63) is 29.8 Å². The predicted molar refractivity (Wildman–Crippen MR) is 76.9 cm³/mol. The van der Waals surface area contributed by atoms with Crippen molar-refractivity contribution in [3.8, 4) is 0 Å². The van der Waals surface area contributed by atoms with E-state index in [1.165, 1.54) is 17.0 Å². The Kier molecular flexibility index (Phi) is 6.18. The molecule has 20 heavy (non-hydrogen) atoms. The molecule has 1 amide bonds. The Morgan fingerprint density at radius 1 is 1.15 bits per heavy atom. The lowest BCUT2D eigenvalue weighted by Crippen LogP contribution is -2.38. The van der Waals surface area contributed by atoms with Crippen LogP contribution in [-0.2, 0) is 4.79 Å². The Morgan fingerprint density at radius 3 is 2.10 bits per heavy atom. The van der Waals surface area contributed by atoms with Gasteiger partial charge in [0.2, 0.25) is 5.91 Å². The zero-order valence-corrected chi connectivity index (χ0v) is 11.9. The maximum absolute atomic E-state index is 12.4. The number of anilines is 1. The van der Waals surface area contributed by atoms with Gasteiger partial charge in [0.15, 0.2) is 0 Å². The minimum Gasteiger partial charge on any atom is -0.478 e. The number of aliphatic hydroxyl groups excluding tert-OH is 1. The van der Waals surface area contributed by atoms with Crippen molar-refractivity contribution in [2.45, 2.75) is 26.7 Å². The average molecular weight is 279 g/mol. The maximum Gasteiger partial charge on any atom is 0.335 e. The third-order valence-corrected chi connectivity index (χ3v) is 3.35. The summed E-state index contributed by atoms with van der Waals surface area (Å²) in [4.78, 5) is 24.8. The van der Waals surface area contributed by atoms with Crippen molar-refractivity contribution >= 4 is 17.6 Å². The largest absolute Gasteiger partial charge is 0.478 e. The fourth-order valence-corrected chi connectivity index (χ4v) is 2.11. The zero-order chi connectivity index (χ0) is 15.1. The summed E-state index contributed by atoms with van der Waals surface area (Å²) < 4.78 is 0. The lowest BCUT2D eigenvalue weighted by Gasteiger charge is -2.26. The minimum atomic E-state index is -1.00. The third-order valence-electron chi connectivity index (χ3n) is 3.35. The van der Waals surface area contributed by atoms with Crippen LogP contribution in [0.4, 0.5) is 5.69 Å². The van der Waals surface area contributed by atoms with E-state index in [0.717, 1.165) is 12.8 Å². The van der Waals surface area contributed by atoms with Crippen LogP contribution in [0.25, 0.3) is 0 Å². The molecule has 0 fully saturated rings. The number of aliphatic hydroxyl groups is 1. The Balaban J connectivity index is 3.00. The quantitative estimate of drug-likeness (QED) is 0.801. The van der Waals surface area contributed by atoms with Gasteiger partial charge in [0.1, 0.15) is 0 Å². The molecule has 2 N–H and O–H groups in total. The van der Waals surface area contributed by atoms with Crippen LogP contribution in [0.15, 0.2) is 24.3 Å². The van der Waals surface area contributed by atoms with E-state index >= 15 is 0 Å². The van der Waals surface area contributed by atoms with Gasteiger partial charge < -0.3 is 15.1 Å². The molecular weight excluding hydrogens is 258 g/mol. The summed E-state index contributed by atoms with van der Waals surface area (Å²) in [5, 5.41) is 18.0. The number of aromatic carboxylic acids is 1. The first-order valence-electron chi connectivity index (χ1n) is 6.80. The van der Waals surface area contributed by atoms with Crippen molar-refractivity contribution in [2.75, 3.05) is 18.1 Å². The molecular formula is C15H21NO4. The van der Waals surface area contributed by atoms with Gasteiger partial charge >= 0.3 is 5.97 Å². The Bertz CT molecular complexity index is 451. The molecule has 0 aliphatic heterocycles. The molecule has 0 unspecified atom stereocenters. The molecule has 1 aromatic rings. The summed E-state index contributed by atoms with van der Waals surface area (Å²) >= 11 is 0. The molecule has 0 atom stereocenters. The van der Waals surface area contributed by atoms with Crippen LogP contribution in [0.3, 0.4) is 0 Å². The van der Waals surface area contributed by atoms with Gasteiger partial charge in [-0.15, -0.1) is 0 Å². The van der Waals surface area contributed by atoms with Gasteiger partial charge in [0.25, 0.3) is 0 Å². The number of rotatable bonds is 7. The van der Waals surface area contributed by atoms with Gasteiger partial charge in [0.05, 0.1) is 12.2 Å². The minimum absolute atomic E-state index is 0.0351. The molecule has 0 aliphatic carbocycles. The highest BCUT2D eigenvalue weighted by molar-refractivity contribution is 5.95. The number of hydrogen-bond donors (Lipinski definition) is 2. The predicted octanol–water partition coefficient (Wildman–Crippen LogP) is 2.15. The fraction of sp³-hybridized carbons (Fsp3) is 0.467. The van der Waals surface area contributed by atoms with Gasteiger partial charge in [-0.1, -0.05) is 13.8 Å². The number of hydrogen-bond acceptors (Lipinski definition) is 3. The molecule has 5 nitrogen and oxygen atoms in total. The first kappa shape index (κ1) is 16.2. The van der Waals surface area contributed by atoms with Crippen molar-refractivity contribution in [1.29, 1.82) is 0 Å². The summed E-state index contributed by atoms with van der Waals surface area (Å²) in [6.07, 6.45) is 1.48. The summed E-state index contributed by atoms with van der Waals surface area (Å²) in [5.74, 6) is -1.12. The standard InChI is InChI=1S/C15H21NO4/c1-3-11(4-2)14(18)16(9-10-17)13-7-5-12(6-8-13)15(19)20/h5-8,11,17H,3-4,9-10H2,1-2H3,(H,19,20). The molecule has 5 heteroatoms. The summed E-state index contributed by atoms with van der Waals surface area (Å²) in [6, 6.07) is 6.11. The first-order chi connectivity index (χ1) is 9.54. The van der Waals surface area contributed by atoms with Crippen LogP contribution in [0.5, 0.6) is 0 Å². The highest BCUT2D eigenvalue weighted by Gasteiger charge is 2.22. The normalized spacial score (nSPS) is 10.6. The van der Waals surface area contributed by atoms with Gasteiger partial charge in [-0.3, -0.25) is 4.79 Å². The second kappa shape index (κ2) is 7.65. The summed E-state index contributed by atoms with van der Waals surface area (Å²) in [6.45, 7) is 3.99. The van der Waals surface area contributed by atoms with Crippen molar-refractivity contribution < 1.29 is 19.8 Å². The van der Waals surface area contributed by atoms with Crippen LogP contribution >= 0.6 is 0 Å². The van der Waals surface area contributed by atoms with E-state index in [1.807, 2.05) is 13.8 Å². The highest BCUT2D eigenvalue weighted by atomic mass is 16.4. The van der Waals surface area contributed by atoms with Crippen LogP contribution < -0.4 is 4.90 Å². The van der Waals surface area contributed by atoms with E-state index < -0.39 is 5.97 Å². The smallest absolute Gasteiger partial charge is 0.335 e. The Labute approximate surface area is 118 Å². The summed E-state index contributed by atoms with van der Waals surface area (Å²) in [5.41, 5.74) is 0.786. The Morgan fingerprint density at radius 2 is 1.70 bits per heavy atom. The number of carboxylic acids is 1. The second-order valence-electron chi connectivity index (χ2n) is 4.58. The van der Waals surface area contributed by atoms with Crippen molar-refractivity contribution in [1.82, 2.24) is 0 Å². The molecule has 0 saturated carbocycles. The molecule has 1 rings (SSSR count). The summed E-state index contributed by atoms with van der Waals surface area (Å²) in [7, 11) is 0. The molecule has 0 radical (unpaired) electrons. The second-order valence-corrected chi connectivity index (χ2v) is 4.58. The number of benzene rings is 1. The van der Waals surface area contributed by atoms with Crippen LogP contribution in [0, 0.1) is 5.92 Å². The van der Waals surface area contributed by atoms with E-state index in [0.29, 0.717) is 5.69 Å². The molecule has 0 bridgehead atoms. The van der Waals surface area contributed by atoms with Gasteiger partial charge in [-0.2, -0.15) is 0 Å². The van der Waals surface area contributed by atoms with Crippen molar-refractivity contribution in [2.24, 2.45) is 5.92 Å². The van der Waals surface area contributed by atoms with Gasteiger partial charge in [0, 0.05) is 18.2 Å². The fourth-order valence-electron chi connectivity index (χ4n) is 2.11. The molecule has 0 aliphatic rings. The molecule has 110 valence electrons. The number of nitrogens with zero attached hydrogens (tertiary/aromatic N) is 1. The number of carbonyl (C=O) groups excluding carboxylic acids is 1. The van der Waals surface area contributed by atoms with Gasteiger partial charge in [-0.25, -0.2) is 4.79 Å². The maximum atomic E-state index is 12.4. The van der Waals surface area contributed by atoms with Crippen molar-refractivity contribution in [3.63, 3.8) is 0 Å². The molecule has 0 spiro atoms. The molecule has 0 heterocycles. The molecule has 0 saturated heterocycles. The molecule has 1 aromatic carbocycles. The number of carbonyl (C=O) groups is 2.